The minimum atomic E-state index is 0. The quantitative estimate of drug-likeness (QED) is 0.330. The van der Waals surface area contributed by atoms with Crippen LogP contribution in [0.15, 0.2) is 0 Å². The van der Waals surface area contributed by atoms with E-state index in [1.54, 1.807) is 0 Å². The molecule has 0 unspecified atom stereocenters. The van der Waals surface area contributed by atoms with Crippen LogP contribution < -0.4 is 0 Å². The Morgan fingerprint density at radius 2 is 1.00 bits per heavy atom. The van der Waals surface area contributed by atoms with Gasteiger partial charge in [-0.15, -0.1) is 0 Å². The number of hydrogen-bond acceptors (Lipinski definition) is 0. The molecule has 0 rings (SSSR count). The van der Waals surface area contributed by atoms with Crippen LogP contribution in [0.2, 0.25) is 0 Å². The molecule has 0 aromatic heterocycles. The average molecular weight is 441 g/mol. The Balaban J connectivity index is 0. The first-order chi connectivity index (χ1) is 0. The maximum atomic E-state index is 0. The molecule has 30 valence electrons. The first-order valence-electron chi connectivity index (χ1n) is 0. The van der Waals surface area contributed by atoms with Crippen LogP contribution in [-0.2, 0) is 0 Å². The van der Waals surface area contributed by atoms with E-state index in [-0.39, 0.29) is 79.8 Å². The van der Waals surface area contributed by atoms with Gasteiger partial charge in [-0.2, -0.15) is 0 Å². The fraction of sp³-hybridized carbons (Fsp3) is 0. The molecule has 0 saturated carbocycles. The Kier molecular flexibility index (Phi) is 141. The molecule has 0 N–H and O–H groups in total. The molecule has 0 amide bonds. The maximum absolute atomic E-state index is 0. The average Bonchev–Trinajstić information content (AvgIpc) is 0. The van der Waals surface area contributed by atoms with E-state index in [4.69, 9.17) is 0 Å². The van der Waals surface area contributed by atoms with Crippen molar-refractivity contribution in [2.75, 3.05) is 0 Å². The van der Waals surface area contributed by atoms with E-state index < -0.39 is 0 Å². The van der Waals surface area contributed by atoms with Crippen LogP contribution in [0, 0.1) is 0 Å². The van der Waals surface area contributed by atoms with Crippen LogP contribution in [0.25, 0.3) is 0 Å². The summed E-state index contributed by atoms with van der Waals surface area (Å²) in [6.07, 6.45) is 0. The third-order valence-corrected chi connectivity index (χ3v) is 0. The van der Waals surface area contributed by atoms with E-state index in [0.29, 0.717) is 0 Å². The Hall–Kier alpha value is 2.48. The van der Waals surface area contributed by atoms with Crippen molar-refractivity contribution in [2.45, 2.75) is 0 Å². The van der Waals surface area contributed by atoms with Crippen molar-refractivity contribution in [1.29, 1.82) is 0 Å². The molecule has 2 radical (unpaired) electrons. The van der Waals surface area contributed by atoms with Crippen molar-refractivity contribution >= 4 is 79.8 Å². The van der Waals surface area contributed by atoms with Crippen LogP contribution >= 0.6 is 0 Å². The summed E-state index contributed by atoms with van der Waals surface area (Å²) >= 11 is 0. The summed E-state index contributed by atoms with van der Waals surface area (Å²) in [5, 5.41) is 0. The zero-order valence-electron chi connectivity index (χ0n) is 0.707. The van der Waals surface area contributed by atoms with Crippen LogP contribution in [0.5, 0.6) is 0 Å². The molecule has 4 heteroatoms. The van der Waals surface area contributed by atoms with Gasteiger partial charge in [0.1, 0.15) is 0 Å². The minimum absolute atomic E-state index is 0. The number of hydrogen-bond donors (Lipinski definition) is 0. The summed E-state index contributed by atoms with van der Waals surface area (Å²) in [5.74, 6) is 0. The van der Waals surface area contributed by atoms with Gasteiger partial charge in [-0.1, -0.05) is 0 Å². The molecule has 0 saturated heterocycles. The van der Waals surface area contributed by atoms with Crippen molar-refractivity contribution in [2.24, 2.45) is 0 Å². The van der Waals surface area contributed by atoms with E-state index in [2.05, 4.69) is 0 Å². The van der Waals surface area contributed by atoms with E-state index in [0.717, 1.165) is 0 Å². The van der Waals surface area contributed by atoms with Gasteiger partial charge in [0.15, 0.2) is 0 Å². The Labute approximate surface area is 78.6 Å². The molecular formula is H14GePbSiSn. The molecule has 0 aliphatic rings. The second-order valence-electron chi connectivity index (χ2n) is 0. The normalized spacial score (nSPS) is 0. The molecule has 0 nitrogen and oxygen atoms in total. The monoisotopic (exact) mass is 444 g/mol. The van der Waals surface area contributed by atoms with E-state index in [1.807, 2.05) is 0 Å². The molecule has 0 aliphatic heterocycles. The van der Waals surface area contributed by atoms with Crippen molar-refractivity contribution in [3.05, 3.63) is 0 Å². The Bertz CT molecular complexity index is 8.00. The standard InChI is InChI=1S/GeH4.Pb.H4Si.Sn.6H/h1H4;;1H4;;;;;;;. The SMILES string of the molecule is [GeH4].[PbH2].[SiH4].[SnH4]. The van der Waals surface area contributed by atoms with Crippen LogP contribution in [0.4, 0.5) is 0 Å². The first-order valence-corrected chi connectivity index (χ1v) is 0. The van der Waals surface area contributed by atoms with Crippen molar-refractivity contribution < 1.29 is 0 Å². The van der Waals surface area contributed by atoms with Gasteiger partial charge in [-0.05, 0) is 11.0 Å². The van der Waals surface area contributed by atoms with Gasteiger partial charge < -0.3 is 0 Å². The van der Waals surface area contributed by atoms with Gasteiger partial charge in [0.25, 0.3) is 0 Å². The van der Waals surface area contributed by atoms with Crippen LogP contribution in [-0.4, -0.2) is 79.8 Å². The molecule has 0 spiro atoms. The zero-order chi connectivity index (χ0) is 0. The predicted molar refractivity (Wildman–Crippen MR) is 42.5 cm³/mol. The summed E-state index contributed by atoms with van der Waals surface area (Å²) in [6.45, 7) is 0. The van der Waals surface area contributed by atoms with Gasteiger partial charge in [0.2, 0.25) is 0 Å². The van der Waals surface area contributed by atoms with E-state index >= 15 is 0 Å². The summed E-state index contributed by atoms with van der Waals surface area (Å²) in [7, 11) is 0. The van der Waals surface area contributed by atoms with Gasteiger partial charge in [-0.3, -0.25) is 0 Å². The molecule has 0 aromatic carbocycles. The summed E-state index contributed by atoms with van der Waals surface area (Å²) in [5.41, 5.74) is 0. The molecular weight excluding hydrogens is 427 g/mol. The fourth-order valence-corrected chi connectivity index (χ4v) is 0. The molecule has 0 heterocycles. The van der Waals surface area contributed by atoms with Gasteiger partial charge in [0, 0.05) is 0 Å². The second kappa shape index (κ2) is 17.9. The van der Waals surface area contributed by atoms with Crippen LogP contribution in [0.1, 0.15) is 0 Å². The molecule has 0 bridgehead atoms. The Morgan fingerprint density at radius 3 is 1.00 bits per heavy atom. The molecule has 0 aliphatic carbocycles. The third-order valence-electron chi connectivity index (χ3n) is 0. The third kappa shape index (κ3) is 8.82. The molecule has 0 fully saturated rings. The fourth-order valence-electron chi connectivity index (χ4n) is 0. The summed E-state index contributed by atoms with van der Waals surface area (Å²) in [6, 6.07) is 0. The Morgan fingerprint density at radius 1 is 1.00 bits per heavy atom. The predicted octanol–water partition coefficient (Wildman–Crippen LogP) is -5.27. The zero-order valence-corrected chi connectivity index (χ0v) is 6.20. The van der Waals surface area contributed by atoms with Crippen molar-refractivity contribution in [1.82, 2.24) is 0 Å². The van der Waals surface area contributed by atoms with E-state index in [1.165, 1.54) is 0 Å². The summed E-state index contributed by atoms with van der Waals surface area (Å²) < 4.78 is 0. The first kappa shape index (κ1) is 31.6. The second-order valence-corrected chi connectivity index (χ2v) is 0. The van der Waals surface area contributed by atoms with Crippen molar-refractivity contribution in [3.8, 4) is 0 Å². The van der Waals surface area contributed by atoms with Gasteiger partial charge in [-0.25, -0.2) is 0 Å². The molecule has 0 atom stereocenters. The van der Waals surface area contributed by atoms with Gasteiger partial charge in [0.05, 0.1) is 0 Å². The van der Waals surface area contributed by atoms with Crippen LogP contribution in [0.3, 0.4) is 0 Å². The molecule has 0 aromatic rings. The molecule has 4 heavy (non-hydrogen) atoms. The van der Waals surface area contributed by atoms with Crippen molar-refractivity contribution in [3.63, 3.8) is 0 Å². The van der Waals surface area contributed by atoms with Gasteiger partial charge >= 0.3 is 68.8 Å². The topological polar surface area (TPSA) is 0 Å². The number of rotatable bonds is 0. The van der Waals surface area contributed by atoms with E-state index in [9.17, 15) is 0 Å². The summed E-state index contributed by atoms with van der Waals surface area (Å²) in [4.78, 5) is 0.